The molecule has 0 aromatic heterocycles. The van der Waals surface area contributed by atoms with Crippen molar-refractivity contribution >= 4 is 40.5 Å². The first-order chi connectivity index (χ1) is 13.6. The Hall–Kier alpha value is -3.09. The minimum absolute atomic E-state index is 0.125. The Morgan fingerprint density at radius 2 is 1.46 bits per heavy atom. The van der Waals surface area contributed by atoms with Gasteiger partial charge in [-0.1, -0.05) is 29.8 Å². The second-order valence-electron chi connectivity index (χ2n) is 5.68. The lowest BCUT2D eigenvalue weighted by molar-refractivity contribution is -0.121. The van der Waals surface area contributed by atoms with Gasteiger partial charge in [0.1, 0.15) is 17.2 Å². The Morgan fingerprint density at radius 1 is 0.857 bits per heavy atom. The second kappa shape index (κ2) is 9.73. The molecule has 0 atom stereocenters. The minimum atomic E-state index is -0.343. The van der Waals surface area contributed by atoms with Gasteiger partial charge in [0.05, 0.1) is 0 Å². The Bertz CT molecular complexity index is 932. The summed E-state index contributed by atoms with van der Waals surface area (Å²) in [6, 6.07) is 23.4. The fraction of sp³-hybridized carbons (Fsp3) is 0.0476. The summed E-state index contributed by atoms with van der Waals surface area (Å²) in [6.45, 7) is -0.125. The lowest BCUT2D eigenvalue weighted by Gasteiger charge is -2.11. The summed E-state index contributed by atoms with van der Waals surface area (Å²) < 4.78 is 11.1. The van der Waals surface area contributed by atoms with Gasteiger partial charge in [-0.05, 0) is 72.9 Å². The van der Waals surface area contributed by atoms with E-state index in [0.29, 0.717) is 22.3 Å². The zero-order chi connectivity index (χ0) is 19.8. The van der Waals surface area contributed by atoms with Gasteiger partial charge in [-0.2, -0.15) is 0 Å². The molecule has 28 heavy (non-hydrogen) atoms. The quantitative estimate of drug-likeness (QED) is 0.556. The maximum atomic E-state index is 11.9. The average molecular weight is 413 g/mol. The molecule has 0 aliphatic carbocycles. The Labute approximate surface area is 173 Å². The number of nitrogens with one attached hydrogen (secondary N) is 2. The topological polar surface area (TPSA) is 59.6 Å². The Morgan fingerprint density at radius 3 is 2.11 bits per heavy atom. The second-order valence-corrected chi connectivity index (χ2v) is 6.53. The fourth-order valence-electron chi connectivity index (χ4n) is 2.24. The predicted molar refractivity (Wildman–Crippen MR) is 114 cm³/mol. The van der Waals surface area contributed by atoms with Gasteiger partial charge in [-0.25, -0.2) is 0 Å². The standard InChI is InChI=1S/C21H17ClN2O3S/c22-15-6-10-18(11-7-15)27-19-12-8-16(9-13-19)23-21(28)24-20(25)14-26-17-4-2-1-3-5-17/h1-13H,14H2,(H2,23,24,25,28). The van der Waals surface area contributed by atoms with Crippen LogP contribution >= 0.6 is 23.8 Å². The molecule has 3 aromatic carbocycles. The molecule has 0 fully saturated rings. The highest BCUT2D eigenvalue weighted by atomic mass is 35.5. The van der Waals surface area contributed by atoms with Gasteiger partial charge in [0, 0.05) is 10.7 Å². The van der Waals surface area contributed by atoms with Gasteiger partial charge in [0.25, 0.3) is 5.91 Å². The predicted octanol–water partition coefficient (Wildman–Crippen LogP) is 5.02. The van der Waals surface area contributed by atoms with Crippen molar-refractivity contribution in [1.82, 2.24) is 5.32 Å². The van der Waals surface area contributed by atoms with Crippen LogP contribution in [-0.2, 0) is 4.79 Å². The maximum absolute atomic E-state index is 11.9. The summed E-state index contributed by atoms with van der Waals surface area (Å²) in [5.74, 6) is 1.63. The monoisotopic (exact) mass is 412 g/mol. The van der Waals surface area contributed by atoms with E-state index in [0.717, 1.165) is 5.69 Å². The van der Waals surface area contributed by atoms with Crippen LogP contribution in [-0.4, -0.2) is 17.6 Å². The number of rotatable bonds is 6. The first kappa shape index (κ1) is 19.7. The van der Waals surface area contributed by atoms with E-state index in [4.69, 9.17) is 33.3 Å². The molecule has 0 aliphatic heterocycles. The number of thiocarbonyl (C=S) groups is 1. The molecule has 2 N–H and O–H groups in total. The van der Waals surface area contributed by atoms with Gasteiger partial charge < -0.3 is 14.8 Å². The van der Waals surface area contributed by atoms with Gasteiger partial charge in [0.15, 0.2) is 11.7 Å². The SMILES string of the molecule is O=C(COc1ccccc1)NC(=S)Nc1ccc(Oc2ccc(Cl)cc2)cc1. The summed E-state index contributed by atoms with van der Waals surface area (Å²) in [7, 11) is 0. The third-order valence-electron chi connectivity index (χ3n) is 3.53. The number of hydrogen-bond acceptors (Lipinski definition) is 4. The number of amides is 1. The van der Waals surface area contributed by atoms with Gasteiger partial charge >= 0.3 is 0 Å². The van der Waals surface area contributed by atoms with Crippen molar-refractivity contribution < 1.29 is 14.3 Å². The smallest absolute Gasteiger partial charge is 0.264 e. The van der Waals surface area contributed by atoms with E-state index >= 15 is 0 Å². The summed E-state index contributed by atoms with van der Waals surface area (Å²) in [6.07, 6.45) is 0. The maximum Gasteiger partial charge on any atom is 0.264 e. The van der Waals surface area contributed by atoms with E-state index in [2.05, 4.69) is 10.6 Å². The lowest BCUT2D eigenvalue weighted by atomic mass is 10.3. The van der Waals surface area contributed by atoms with Crippen LogP contribution in [0.3, 0.4) is 0 Å². The van der Waals surface area contributed by atoms with E-state index in [1.54, 1.807) is 60.7 Å². The zero-order valence-corrected chi connectivity index (χ0v) is 16.3. The molecule has 0 spiro atoms. The average Bonchev–Trinajstić information content (AvgIpc) is 2.70. The molecule has 0 unspecified atom stereocenters. The summed E-state index contributed by atoms with van der Waals surface area (Å²) in [4.78, 5) is 11.9. The number of carbonyl (C=O) groups excluding carboxylic acids is 1. The first-order valence-electron chi connectivity index (χ1n) is 8.41. The van der Waals surface area contributed by atoms with Crippen LogP contribution in [0.15, 0.2) is 78.9 Å². The largest absolute Gasteiger partial charge is 0.484 e. The summed E-state index contributed by atoms with van der Waals surface area (Å²) >= 11 is 11.0. The van der Waals surface area contributed by atoms with Gasteiger partial charge in [-0.3, -0.25) is 10.1 Å². The van der Waals surface area contributed by atoms with E-state index in [9.17, 15) is 4.79 Å². The van der Waals surface area contributed by atoms with Crippen molar-refractivity contribution in [2.24, 2.45) is 0 Å². The Kier molecular flexibility index (Phi) is 6.84. The molecule has 7 heteroatoms. The molecule has 3 rings (SSSR count). The number of halogens is 1. The minimum Gasteiger partial charge on any atom is -0.484 e. The number of carbonyl (C=O) groups is 1. The molecule has 142 valence electrons. The van der Waals surface area contributed by atoms with Crippen LogP contribution in [0.5, 0.6) is 17.2 Å². The van der Waals surface area contributed by atoms with Crippen LogP contribution in [0.4, 0.5) is 5.69 Å². The third kappa shape index (κ3) is 6.26. The van der Waals surface area contributed by atoms with Crippen LogP contribution in [0.1, 0.15) is 0 Å². The first-order valence-corrected chi connectivity index (χ1v) is 9.19. The van der Waals surface area contributed by atoms with Crippen LogP contribution in [0.2, 0.25) is 5.02 Å². The highest BCUT2D eigenvalue weighted by molar-refractivity contribution is 7.80. The summed E-state index contributed by atoms with van der Waals surface area (Å²) in [5, 5.41) is 6.35. The van der Waals surface area contributed by atoms with Crippen LogP contribution < -0.4 is 20.1 Å². The number of para-hydroxylation sites is 1. The molecule has 0 saturated carbocycles. The Balaban J connectivity index is 1.46. The van der Waals surface area contributed by atoms with Crippen LogP contribution in [0.25, 0.3) is 0 Å². The molecule has 0 heterocycles. The van der Waals surface area contributed by atoms with Crippen molar-refractivity contribution in [3.05, 3.63) is 83.9 Å². The number of ether oxygens (including phenoxy) is 2. The molecule has 0 aliphatic rings. The normalized spacial score (nSPS) is 10.0. The molecule has 1 amide bonds. The zero-order valence-electron chi connectivity index (χ0n) is 14.7. The van der Waals surface area contributed by atoms with Crippen LogP contribution in [0, 0.1) is 0 Å². The van der Waals surface area contributed by atoms with Crippen molar-refractivity contribution in [3.63, 3.8) is 0 Å². The van der Waals surface area contributed by atoms with E-state index < -0.39 is 0 Å². The van der Waals surface area contributed by atoms with Crippen molar-refractivity contribution in [2.75, 3.05) is 11.9 Å². The highest BCUT2D eigenvalue weighted by Crippen LogP contribution is 2.24. The molecular formula is C21H17ClN2O3S. The highest BCUT2D eigenvalue weighted by Gasteiger charge is 2.06. The molecule has 0 bridgehead atoms. The number of anilines is 1. The van der Waals surface area contributed by atoms with E-state index in [1.165, 1.54) is 0 Å². The van der Waals surface area contributed by atoms with E-state index in [-0.39, 0.29) is 17.6 Å². The number of hydrogen-bond donors (Lipinski definition) is 2. The number of benzene rings is 3. The van der Waals surface area contributed by atoms with Crippen molar-refractivity contribution in [3.8, 4) is 17.2 Å². The molecule has 0 radical (unpaired) electrons. The molecule has 3 aromatic rings. The fourth-order valence-corrected chi connectivity index (χ4v) is 2.59. The lowest BCUT2D eigenvalue weighted by Crippen LogP contribution is -2.37. The molecule has 0 saturated heterocycles. The molecular weight excluding hydrogens is 396 g/mol. The van der Waals surface area contributed by atoms with Gasteiger partial charge in [-0.15, -0.1) is 0 Å². The third-order valence-corrected chi connectivity index (χ3v) is 3.98. The van der Waals surface area contributed by atoms with Gasteiger partial charge in [0.2, 0.25) is 0 Å². The van der Waals surface area contributed by atoms with Crippen molar-refractivity contribution in [2.45, 2.75) is 0 Å². The van der Waals surface area contributed by atoms with E-state index in [1.807, 2.05) is 18.2 Å². The summed E-state index contributed by atoms with van der Waals surface area (Å²) in [5.41, 5.74) is 0.720. The van der Waals surface area contributed by atoms with Crippen molar-refractivity contribution in [1.29, 1.82) is 0 Å². The molecule has 5 nitrogen and oxygen atoms in total.